The third kappa shape index (κ3) is 2.86. The van der Waals surface area contributed by atoms with Crippen molar-refractivity contribution in [3.05, 3.63) is 46.5 Å². The Morgan fingerprint density at radius 1 is 1.39 bits per heavy atom. The van der Waals surface area contributed by atoms with Gasteiger partial charge in [0.2, 0.25) is 0 Å². The van der Waals surface area contributed by atoms with Crippen molar-refractivity contribution < 1.29 is 5.11 Å². The third-order valence-corrected chi connectivity index (χ3v) is 3.44. The van der Waals surface area contributed by atoms with Crippen LogP contribution in [-0.2, 0) is 13.2 Å². The number of rotatable bonds is 5. The number of nitrogens with zero attached hydrogens (tertiary/aromatic N) is 2. The number of aromatic amines is 1. The Bertz CT molecular complexity index is 547. The van der Waals surface area contributed by atoms with E-state index in [4.69, 9.17) is 17.3 Å². The van der Waals surface area contributed by atoms with Crippen molar-refractivity contribution in [2.45, 2.75) is 32.4 Å². The highest BCUT2D eigenvalue weighted by atomic mass is 32.1. The normalized spacial score (nSPS) is 12.6. The van der Waals surface area contributed by atoms with Gasteiger partial charge >= 0.3 is 0 Å². The molecule has 0 fully saturated rings. The average molecular weight is 263 g/mol. The SMILES string of the molecule is CC(CCn1c(CO)n[nH]c1=S)c1ccccc1. The molecule has 18 heavy (non-hydrogen) atoms. The molecular formula is C13H17N3OS. The van der Waals surface area contributed by atoms with E-state index < -0.39 is 0 Å². The number of aliphatic hydroxyl groups is 1. The first-order valence-corrected chi connectivity index (χ1v) is 6.43. The van der Waals surface area contributed by atoms with Crippen LogP contribution in [0.1, 0.15) is 30.7 Å². The zero-order chi connectivity index (χ0) is 13.0. The molecule has 1 unspecified atom stereocenters. The lowest BCUT2D eigenvalue weighted by molar-refractivity contribution is 0.263. The highest BCUT2D eigenvalue weighted by Crippen LogP contribution is 2.19. The standard InChI is InChI=1S/C13H17N3OS/c1-10(11-5-3-2-4-6-11)7-8-16-12(9-17)14-15-13(16)18/h2-6,10,17H,7-9H2,1H3,(H,15,18). The average Bonchev–Trinajstić information content (AvgIpc) is 2.77. The number of aliphatic hydroxyl groups excluding tert-OH is 1. The van der Waals surface area contributed by atoms with Crippen LogP contribution in [-0.4, -0.2) is 19.9 Å². The second-order valence-corrected chi connectivity index (χ2v) is 4.74. The quantitative estimate of drug-likeness (QED) is 0.815. The van der Waals surface area contributed by atoms with Crippen molar-refractivity contribution >= 4 is 12.2 Å². The summed E-state index contributed by atoms with van der Waals surface area (Å²) < 4.78 is 2.42. The van der Waals surface area contributed by atoms with E-state index in [1.165, 1.54) is 5.56 Å². The van der Waals surface area contributed by atoms with E-state index in [-0.39, 0.29) is 6.61 Å². The maximum absolute atomic E-state index is 9.16. The molecule has 0 aliphatic heterocycles. The zero-order valence-electron chi connectivity index (χ0n) is 10.3. The molecule has 0 radical (unpaired) electrons. The summed E-state index contributed by atoms with van der Waals surface area (Å²) >= 11 is 5.14. The molecule has 2 rings (SSSR count). The molecule has 2 N–H and O–H groups in total. The molecule has 1 heterocycles. The summed E-state index contributed by atoms with van der Waals surface area (Å²) in [6, 6.07) is 10.4. The third-order valence-electron chi connectivity index (χ3n) is 3.13. The molecule has 0 amide bonds. The summed E-state index contributed by atoms with van der Waals surface area (Å²) in [5.41, 5.74) is 1.32. The van der Waals surface area contributed by atoms with Crippen molar-refractivity contribution in [3.8, 4) is 0 Å². The van der Waals surface area contributed by atoms with Crippen LogP contribution in [0.5, 0.6) is 0 Å². The van der Waals surface area contributed by atoms with Gasteiger partial charge in [0, 0.05) is 6.54 Å². The summed E-state index contributed by atoms with van der Waals surface area (Å²) in [5, 5.41) is 15.9. The number of H-pyrrole nitrogens is 1. The summed E-state index contributed by atoms with van der Waals surface area (Å²) in [6.45, 7) is 2.87. The van der Waals surface area contributed by atoms with Gasteiger partial charge in [-0.15, -0.1) is 0 Å². The maximum atomic E-state index is 9.16. The number of hydrogen-bond acceptors (Lipinski definition) is 3. The van der Waals surface area contributed by atoms with Crippen molar-refractivity contribution in [2.24, 2.45) is 0 Å². The van der Waals surface area contributed by atoms with E-state index in [9.17, 15) is 0 Å². The summed E-state index contributed by atoms with van der Waals surface area (Å²) in [5.74, 6) is 1.05. The minimum Gasteiger partial charge on any atom is -0.388 e. The lowest BCUT2D eigenvalue weighted by atomic mass is 9.98. The zero-order valence-corrected chi connectivity index (χ0v) is 11.2. The van der Waals surface area contributed by atoms with Gasteiger partial charge in [-0.2, -0.15) is 5.10 Å². The molecule has 0 saturated carbocycles. The molecule has 96 valence electrons. The lowest BCUT2D eigenvalue weighted by Gasteiger charge is -2.12. The predicted octanol–water partition coefficient (Wildman–Crippen LogP) is 2.63. The molecule has 0 spiro atoms. The second kappa shape index (κ2) is 5.93. The van der Waals surface area contributed by atoms with Crippen LogP contribution in [0.3, 0.4) is 0 Å². The molecule has 5 heteroatoms. The van der Waals surface area contributed by atoms with E-state index in [1.54, 1.807) is 0 Å². The van der Waals surface area contributed by atoms with Crippen molar-refractivity contribution in [3.63, 3.8) is 0 Å². The largest absolute Gasteiger partial charge is 0.388 e. The highest BCUT2D eigenvalue weighted by Gasteiger charge is 2.08. The van der Waals surface area contributed by atoms with Crippen LogP contribution in [0.15, 0.2) is 30.3 Å². The first-order chi connectivity index (χ1) is 8.72. The fourth-order valence-electron chi connectivity index (χ4n) is 1.97. The van der Waals surface area contributed by atoms with Gasteiger partial charge in [0.15, 0.2) is 10.6 Å². The first-order valence-electron chi connectivity index (χ1n) is 6.02. The van der Waals surface area contributed by atoms with E-state index in [1.807, 2.05) is 10.6 Å². The maximum Gasteiger partial charge on any atom is 0.195 e. The summed E-state index contributed by atoms with van der Waals surface area (Å²) in [4.78, 5) is 0. The van der Waals surface area contributed by atoms with Gasteiger partial charge in [0.1, 0.15) is 6.61 Å². The molecule has 0 aliphatic carbocycles. The Morgan fingerprint density at radius 2 is 2.11 bits per heavy atom. The van der Waals surface area contributed by atoms with E-state index in [0.29, 0.717) is 16.5 Å². The Balaban J connectivity index is 2.04. The molecule has 1 atom stereocenters. The van der Waals surface area contributed by atoms with Crippen LogP contribution < -0.4 is 0 Å². The van der Waals surface area contributed by atoms with E-state index in [2.05, 4.69) is 41.4 Å². The first kappa shape index (κ1) is 13.0. The van der Waals surface area contributed by atoms with Gasteiger partial charge in [-0.25, -0.2) is 0 Å². The molecule has 0 bridgehead atoms. The molecule has 0 aliphatic rings. The Hall–Kier alpha value is -1.46. The van der Waals surface area contributed by atoms with E-state index >= 15 is 0 Å². The molecule has 0 saturated heterocycles. The molecule has 1 aromatic heterocycles. The topological polar surface area (TPSA) is 53.8 Å². The summed E-state index contributed by atoms with van der Waals surface area (Å²) in [7, 11) is 0. The Labute approximate surface area is 111 Å². The van der Waals surface area contributed by atoms with Crippen molar-refractivity contribution in [1.29, 1.82) is 0 Å². The van der Waals surface area contributed by atoms with Crippen LogP contribution in [0.2, 0.25) is 0 Å². The fraction of sp³-hybridized carbons (Fsp3) is 0.385. The van der Waals surface area contributed by atoms with Gasteiger partial charge in [-0.05, 0) is 30.1 Å². The minimum atomic E-state index is -0.0904. The Kier molecular flexibility index (Phi) is 4.28. The van der Waals surface area contributed by atoms with Crippen molar-refractivity contribution in [1.82, 2.24) is 14.8 Å². The van der Waals surface area contributed by atoms with Crippen LogP contribution in [0.25, 0.3) is 0 Å². The van der Waals surface area contributed by atoms with Crippen LogP contribution >= 0.6 is 12.2 Å². The number of nitrogens with one attached hydrogen (secondary N) is 1. The van der Waals surface area contributed by atoms with Gasteiger partial charge in [-0.1, -0.05) is 37.3 Å². The summed E-state index contributed by atoms with van der Waals surface area (Å²) in [6.07, 6.45) is 0.963. The lowest BCUT2D eigenvalue weighted by Crippen LogP contribution is -2.07. The molecule has 2 aromatic rings. The molecule has 1 aromatic carbocycles. The van der Waals surface area contributed by atoms with Crippen LogP contribution in [0, 0.1) is 4.77 Å². The minimum absolute atomic E-state index is 0.0904. The molecule has 4 nitrogen and oxygen atoms in total. The predicted molar refractivity (Wildman–Crippen MR) is 72.8 cm³/mol. The van der Waals surface area contributed by atoms with Gasteiger partial charge in [0.25, 0.3) is 0 Å². The highest BCUT2D eigenvalue weighted by molar-refractivity contribution is 7.71. The monoisotopic (exact) mass is 263 g/mol. The number of aromatic nitrogens is 3. The second-order valence-electron chi connectivity index (χ2n) is 4.36. The van der Waals surface area contributed by atoms with Gasteiger partial charge in [-0.3, -0.25) is 5.10 Å². The van der Waals surface area contributed by atoms with E-state index in [0.717, 1.165) is 13.0 Å². The van der Waals surface area contributed by atoms with Gasteiger partial charge < -0.3 is 9.67 Å². The fourth-order valence-corrected chi connectivity index (χ4v) is 2.21. The molecular weight excluding hydrogens is 246 g/mol. The number of benzene rings is 1. The van der Waals surface area contributed by atoms with Crippen molar-refractivity contribution in [2.75, 3.05) is 0 Å². The van der Waals surface area contributed by atoms with Crippen LogP contribution in [0.4, 0.5) is 0 Å². The number of hydrogen-bond donors (Lipinski definition) is 2. The van der Waals surface area contributed by atoms with Gasteiger partial charge in [0.05, 0.1) is 0 Å². The Morgan fingerprint density at radius 3 is 2.78 bits per heavy atom. The smallest absolute Gasteiger partial charge is 0.195 e.